The molecule has 0 bridgehead atoms. The van der Waals surface area contributed by atoms with Crippen LogP contribution in [-0.2, 0) is 11.3 Å². The average molecular weight is 399 g/mol. The summed E-state index contributed by atoms with van der Waals surface area (Å²) in [6.07, 6.45) is 1.80. The van der Waals surface area contributed by atoms with E-state index < -0.39 is 0 Å². The van der Waals surface area contributed by atoms with Crippen LogP contribution in [0.25, 0.3) is 0 Å². The van der Waals surface area contributed by atoms with E-state index in [0.29, 0.717) is 40.3 Å². The third-order valence-corrected chi connectivity index (χ3v) is 5.18. The van der Waals surface area contributed by atoms with Gasteiger partial charge in [-0.25, -0.2) is 0 Å². The zero-order chi connectivity index (χ0) is 17.8. The zero-order valence-electron chi connectivity index (χ0n) is 13.6. The van der Waals surface area contributed by atoms with E-state index in [1.54, 1.807) is 23.1 Å². The van der Waals surface area contributed by atoms with E-state index in [4.69, 9.17) is 39.5 Å². The van der Waals surface area contributed by atoms with E-state index in [1.807, 2.05) is 24.3 Å². The van der Waals surface area contributed by atoms with Crippen molar-refractivity contribution in [3.8, 4) is 0 Å². The van der Waals surface area contributed by atoms with Crippen LogP contribution in [0.5, 0.6) is 0 Å². The summed E-state index contributed by atoms with van der Waals surface area (Å²) < 4.78 is 5.98. The number of piperidine rings is 1. The van der Waals surface area contributed by atoms with Crippen LogP contribution in [0.3, 0.4) is 0 Å². The molecule has 1 atom stereocenters. The van der Waals surface area contributed by atoms with Crippen LogP contribution in [-0.4, -0.2) is 30.0 Å². The van der Waals surface area contributed by atoms with Gasteiger partial charge < -0.3 is 9.64 Å². The van der Waals surface area contributed by atoms with Gasteiger partial charge in [0.25, 0.3) is 5.91 Å². The molecule has 0 saturated carbocycles. The smallest absolute Gasteiger partial charge is 0.255 e. The molecule has 3 nitrogen and oxygen atoms in total. The third kappa shape index (κ3) is 4.68. The Labute approximate surface area is 162 Å². The van der Waals surface area contributed by atoms with E-state index in [2.05, 4.69) is 0 Å². The summed E-state index contributed by atoms with van der Waals surface area (Å²) in [7, 11) is 0. The van der Waals surface area contributed by atoms with E-state index in [0.717, 1.165) is 18.4 Å². The summed E-state index contributed by atoms with van der Waals surface area (Å²) in [5.41, 5.74) is 1.42. The average Bonchev–Trinajstić information content (AvgIpc) is 2.61. The fourth-order valence-corrected chi connectivity index (χ4v) is 3.59. The monoisotopic (exact) mass is 397 g/mol. The lowest BCUT2D eigenvalue weighted by Gasteiger charge is -2.33. The van der Waals surface area contributed by atoms with Gasteiger partial charge in [-0.1, -0.05) is 53.0 Å². The number of rotatable bonds is 4. The van der Waals surface area contributed by atoms with Gasteiger partial charge in [-0.3, -0.25) is 4.79 Å². The lowest BCUT2D eigenvalue weighted by molar-refractivity contribution is -0.00669. The molecule has 1 amide bonds. The molecule has 1 aliphatic heterocycles. The lowest BCUT2D eigenvalue weighted by atomic mass is 10.1. The Hall–Kier alpha value is -1.26. The summed E-state index contributed by atoms with van der Waals surface area (Å²) in [4.78, 5) is 14.5. The maximum atomic E-state index is 12.7. The van der Waals surface area contributed by atoms with Gasteiger partial charge in [0, 0.05) is 23.1 Å². The van der Waals surface area contributed by atoms with E-state index in [-0.39, 0.29) is 12.0 Å². The van der Waals surface area contributed by atoms with Crippen molar-refractivity contribution in [2.45, 2.75) is 25.6 Å². The van der Waals surface area contributed by atoms with Crippen LogP contribution in [0, 0.1) is 0 Å². The maximum absolute atomic E-state index is 12.7. The van der Waals surface area contributed by atoms with E-state index >= 15 is 0 Å². The fourth-order valence-electron chi connectivity index (χ4n) is 2.92. The molecule has 1 fully saturated rings. The van der Waals surface area contributed by atoms with Crippen molar-refractivity contribution >= 4 is 40.7 Å². The number of hydrogen-bond acceptors (Lipinski definition) is 2. The highest BCUT2D eigenvalue weighted by Crippen LogP contribution is 2.25. The number of carbonyl (C=O) groups excluding carboxylic acids is 1. The number of benzene rings is 2. The van der Waals surface area contributed by atoms with Gasteiger partial charge in [0.15, 0.2) is 0 Å². The predicted molar refractivity (Wildman–Crippen MR) is 102 cm³/mol. The quantitative estimate of drug-likeness (QED) is 0.683. The highest BCUT2D eigenvalue weighted by molar-refractivity contribution is 6.36. The molecule has 1 aliphatic rings. The molecule has 1 heterocycles. The summed E-state index contributed by atoms with van der Waals surface area (Å²) in [5, 5.41) is 1.58. The van der Waals surface area contributed by atoms with Crippen LogP contribution in [0.4, 0.5) is 0 Å². The lowest BCUT2D eigenvalue weighted by Crippen LogP contribution is -2.43. The normalized spacial score (nSPS) is 17.6. The summed E-state index contributed by atoms with van der Waals surface area (Å²) in [6.45, 7) is 1.68. The summed E-state index contributed by atoms with van der Waals surface area (Å²) in [6, 6.07) is 12.6. The van der Waals surface area contributed by atoms with Crippen molar-refractivity contribution in [1.82, 2.24) is 4.90 Å². The molecule has 2 aromatic carbocycles. The van der Waals surface area contributed by atoms with Crippen LogP contribution < -0.4 is 0 Å². The molecule has 0 aliphatic carbocycles. The van der Waals surface area contributed by atoms with Crippen LogP contribution in [0.15, 0.2) is 42.5 Å². The second kappa shape index (κ2) is 8.41. The van der Waals surface area contributed by atoms with Gasteiger partial charge in [-0.2, -0.15) is 0 Å². The van der Waals surface area contributed by atoms with E-state index in [1.165, 1.54) is 0 Å². The SMILES string of the molecule is O=C(c1ccc(Cl)cc1Cl)N1CCC[C@@H](OCc2ccccc2Cl)C1. The van der Waals surface area contributed by atoms with E-state index in [9.17, 15) is 4.79 Å². The standard InChI is InChI=1S/C19H18Cl3NO2/c20-14-7-8-16(18(22)10-14)19(24)23-9-3-5-15(11-23)25-12-13-4-1-2-6-17(13)21/h1-2,4,6-8,10,15H,3,5,9,11-12H2/t15-/m1/s1. The largest absolute Gasteiger partial charge is 0.372 e. The van der Waals surface area contributed by atoms with Crippen LogP contribution in [0.1, 0.15) is 28.8 Å². The highest BCUT2D eigenvalue weighted by Gasteiger charge is 2.26. The molecular formula is C19H18Cl3NO2. The van der Waals surface area contributed by atoms with Crippen molar-refractivity contribution in [3.63, 3.8) is 0 Å². The Balaban J connectivity index is 1.62. The second-order valence-corrected chi connectivity index (χ2v) is 7.29. The summed E-state index contributed by atoms with van der Waals surface area (Å²) >= 11 is 18.2. The Bertz CT molecular complexity index is 766. The molecule has 25 heavy (non-hydrogen) atoms. The molecule has 3 rings (SSSR count). The van der Waals surface area contributed by atoms with Crippen molar-refractivity contribution in [2.75, 3.05) is 13.1 Å². The molecule has 0 spiro atoms. The van der Waals surface area contributed by atoms with Crippen molar-refractivity contribution in [3.05, 3.63) is 68.7 Å². The number of nitrogens with zero attached hydrogens (tertiary/aromatic N) is 1. The fraction of sp³-hybridized carbons (Fsp3) is 0.316. The Morgan fingerprint density at radius 2 is 1.92 bits per heavy atom. The number of ether oxygens (including phenoxy) is 1. The Morgan fingerprint density at radius 3 is 2.68 bits per heavy atom. The zero-order valence-corrected chi connectivity index (χ0v) is 15.8. The second-order valence-electron chi connectivity index (χ2n) is 6.04. The van der Waals surface area contributed by atoms with Crippen LogP contribution in [0.2, 0.25) is 15.1 Å². The first-order chi connectivity index (χ1) is 12.0. The predicted octanol–water partition coefficient (Wildman–Crippen LogP) is 5.47. The highest BCUT2D eigenvalue weighted by atomic mass is 35.5. The van der Waals surface area contributed by atoms with Gasteiger partial charge in [0.1, 0.15) is 0 Å². The first-order valence-corrected chi connectivity index (χ1v) is 9.27. The molecule has 132 valence electrons. The molecule has 0 radical (unpaired) electrons. The number of hydrogen-bond donors (Lipinski definition) is 0. The number of amides is 1. The first kappa shape index (κ1) is 18.5. The van der Waals surface area contributed by atoms with Crippen molar-refractivity contribution < 1.29 is 9.53 Å². The minimum atomic E-state index is -0.0901. The molecule has 0 unspecified atom stereocenters. The number of likely N-dealkylation sites (tertiary alicyclic amines) is 1. The molecule has 1 saturated heterocycles. The maximum Gasteiger partial charge on any atom is 0.255 e. The number of carbonyl (C=O) groups is 1. The van der Waals surface area contributed by atoms with Gasteiger partial charge in [0.2, 0.25) is 0 Å². The van der Waals surface area contributed by atoms with Gasteiger partial charge >= 0.3 is 0 Å². The van der Waals surface area contributed by atoms with Gasteiger partial charge in [-0.05, 0) is 42.7 Å². The first-order valence-electron chi connectivity index (χ1n) is 8.14. The Morgan fingerprint density at radius 1 is 1.12 bits per heavy atom. The van der Waals surface area contributed by atoms with Crippen molar-refractivity contribution in [1.29, 1.82) is 0 Å². The molecule has 0 aromatic heterocycles. The molecule has 2 aromatic rings. The van der Waals surface area contributed by atoms with Crippen LogP contribution >= 0.6 is 34.8 Å². The molecular weight excluding hydrogens is 381 g/mol. The van der Waals surface area contributed by atoms with Gasteiger partial charge in [-0.15, -0.1) is 0 Å². The summed E-state index contributed by atoms with van der Waals surface area (Å²) in [5.74, 6) is -0.0901. The van der Waals surface area contributed by atoms with Crippen molar-refractivity contribution in [2.24, 2.45) is 0 Å². The Kier molecular flexibility index (Phi) is 6.24. The third-order valence-electron chi connectivity index (χ3n) is 4.26. The molecule has 0 N–H and O–H groups in total. The van der Waals surface area contributed by atoms with Gasteiger partial charge in [0.05, 0.1) is 23.3 Å². The topological polar surface area (TPSA) is 29.5 Å². The minimum absolute atomic E-state index is 0.0138. The molecule has 6 heteroatoms. The minimum Gasteiger partial charge on any atom is -0.372 e. The number of halogens is 3.